The quantitative estimate of drug-likeness (QED) is 0.776. The standard InChI is InChI=1S/C9H8Cl2N4/c10-7-5-8(11)14-9(13-7)1-3-15-4-2-12-6-15/h2,4-6H,1,3H2. The van der Waals surface area contributed by atoms with Crippen LogP contribution in [-0.4, -0.2) is 19.5 Å². The van der Waals surface area contributed by atoms with Gasteiger partial charge >= 0.3 is 0 Å². The third kappa shape index (κ3) is 2.91. The number of aryl methyl sites for hydroxylation is 2. The molecule has 78 valence electrons. The van der Waals surface area contributed by atoms with Gasteiger partial charge in [-0.15, -0.1) is 0 Å². The molecule has 4 nitrogen and oxygen atoms in total. The summed E-state index contributed by atoms with van der Waals surface area (Å²) in [4.78, 5) is 12.1. The molecule has 15 heavy (non-hydrogen) atoms. The van der Waals surface area contributed by atoms with Crippen LogP contribution in [0.15, 0.2) is 24.8 Å². The van der Waals surface area contributed by atoms with Crippen molar-refractivity contribution in [3.63, 3.8) is 0 Å². The summed E-state index contributed by atoms with van der Waals surface area (Å²) in [5.74, 6) is 0.640. The molecule has 0 bridgehead atoms. The maximum Gasteiger partial charge on any atom is 0.134 e. The lowest BCUT2D eigenvalue weighted by Crippen LogP contribution is -2.03. The van der Waals surface area contributed by atoms with Crippen LogP contribution < -0.4 is 0 Å². The Morgan fingerprint density at radius 3 is 2.53 bits per heavy atom. The van der Waals surface area contributed by atoms with Crippen molar-refractivity contribution < 1.29 is 0 Å². The minimum atomic E-state index is 0.371. The number of rotatable bonds is 3. The highest BCUT2D eigenvalue weighted by Crippen LogP contribution is 2.12. The van der Waals surface area contributed by atoms with E-state index in [1.54, 1.807) is 12.5 Å². The summed E-state index contributed by atoms with van der Waals surface area (Å²) in [5, 5.41) is 0.742. The van der Waals surface area contributed by atoms with E-state index in [0.29, 0.717) is 22.6 Å². The smallest absolute Gasteiger partial charge is 0.134 e. The van der Waals surface area contributed by atoms with Gasteiger partial charge in [0.15, 0.2) is 0 Å². The molecule has 0 atom stereocenters. The minimum absolute atomic E-state index is 0.371. The topological polar surface area (TPSA) is 43.6 Å². The van der Waals surface area contributed by atoms with E-state index in [0.717, 1.165) is 6.54 Å². The Kier molecular flexibility index (Phi) is 3.18. The number of halogens is 2. The van der Waals surface area contributed by atoms with E-state index >= 15 is 0 Å². The molecule has 0 radical (unpaired) electrons. The van der Waals surface area contributed by atoms with Gasteiger partial charge in [0.1, 0.15) is 16.1 Å². The highest BCUT2D eigenvalue weighted by Gasteiger charge is 2.01. The normalized spacial score (nSPS) is 10.5. The molecule has 0 aliphatic rings. The van der Waals surface area contributed by atoms with Crippen LogP contribution in [-0.2, 0) is 13.0 Å². The van der Waals surface area contributed by atoms with Gasteiger partial charge < -0.3 is 4.57 Å². The summed E-state index contributed by atoms with van der Waals surface area (Å²) < 4.78 is 1.94. The zero-order chi connectivity index (χ0) is 10.7. The van der Waals surface area contributed by atoms with Gasteiger partial charge in [0.2, 0.25) is 0 Å². The Balaban J connectivity index is 2.05. The van der Waals surface area contributed by atoms with Crippen molar-refractivity contribution in [3.05, 3.63) is 40.9 Å². The second kappa shape index (κ2) is 4.59. The van der Waals surface area contributed by atoms with Crippen molar-refractivity contribution >= 4 is 23.2 Å². The number of nitrogens with zero attached hydrogens (tertiary/aromatic N) is 4. The van der Waals surface area contributed by atoms with Crippen molar-refractivity contribution in [2.24, 2.45) is 0 Å². The SMILES string of the molecule is Clc1cc(Cl)nc(CCn2ccnc2)n1. The van der Waals surface area contributed by atoms with Crippen molar-refractivity contribution in [3.8, 4) is 0 Å². The van der Waals surface area contributed by atoms with Gasteiger partial charge in [-0.05, 0) is 0 Å². The predicted octanol–water partition coefficient (Wildman–Crippen LogP) is 2.22. The Labute approximate surface area is 96.9 Å². The van der Waals surface area contributed by atoms with Gasteiger partial charge in [-0.1, -0.05) is 23.2 Å². The van der Waals surface area contributed by atoms with E-state index in [1.165, 1.54) is 6.07 Å². The zero-order valence-electron chi connectivity index (χ0n) is 7.77. The number of hydrogen-bond donors (Lipinski definition) is 0. The van der Waals surface area contributed by atoms with E-state index in [-0.39, 0.29) is 0 Å². The van der Waals surface area contributed by atoms with Crippen LogP contribution in [0.4, 0.5) is 0 Å². The Bertz CT molecular complexity index is 421. The molecule has 0 saturated carbocycles. The summed E-state index contributed by atoms with van der Waals surface area (Å²) in [6, 6.07) is 1.52. The monoisotopic (exact) mass is 242 g/mol. The molecule has 0 N–H and O–H groups in total. The van der Waals surface area contributed by atoms with E-state index in [4.69, 9.17) is 23.2 Å². The van der Waals surface area contributed by atoms with Crippen LogP contribution in [0.5, 0.6) is 0 Å². The third-order valence-corrected chi connectivity index (χ3v) is 2.25. The first-order valence-electron chi connectivity index (χ1n) is 4.39. The maximum absolute atomic E-state index is 5.76. The number of imidazole rings is 1. The highest BCUT2D eigenvalue weighted by atomic mass is 35.5. The average Bonchev–Trinajstić information content (AvgIpc) is 2.65. The largest absolute Gasteiger partial charge is 0.337 e. The Morgan fingerprint density at radius 2 is 1.93 bits per heavy atom. The summed E-state index contributed by atoms with van der Waals surface area (Å²) in [5.41, 5.74) is 0. The summed E-state index contributed by atoms with van der Waals surface area (Å²) in [6.07, 6.45) is 6.03. The molecule has 0 aliphatic carbocycles. The third-order valence-electron chi connectivity index (χ3n) is 1.86. The average molecular weight is 243 g/mol. The highest BCUT2D eigenvalue weighted by molar-refractivity contribution is 6.33. The minimum Gasteiger partial charge on any atom is -0.337 e. The molecule has 2 heterocycles. The molecule has 0 saturated heterocycles. The fourth-order valence-corrected chi connectivity index (χ4v) is 1.65. The van der Waals surface area contributed by atoms with Gasteiger partial charge in [-0.25, -0.2) is 15.0 Å². The molecular weight excluding hydrogens is 235 g/mol. The van der Waals surface area contributed by atoms with Gasteiger partial charge in [0.05, 0.1) is 6.33 Å². The molecule has 0 amide bonds. The van der Waals surface area contributed by atoms with E-state index in [1.807, 2.05) is 10.8 Å². The first kappa shape index (κ1) is 10.4. The van der Waals surface area contributed by atoms with E-state index in [9.17, 15) is 0 Å². The lowest BCUT2D eigenvalue weighted by molar-refractivity contribution is 0.671. The van der Waals surface area contributed by atoms with E-state index < -0.39 is 0 Å². The molecule has 2 aromatic rings. The first-order valence-corrected chi connectivity index (χ1v) is 5.14. The lowest BCUT2D eigenvalue weighted by Gasteiger charge is -2.02. The molecule has 0 fully saturated rings. The van der Waals surface area contributed by atoms with Crippen LogP contribution in [0.2, 0.25) is 10.3 Å². The predicted molar refractivity (Wildman–Crippen MR) is 58.0 cm³/mol. The lowest BCUT2D eigenvalue weighted by atomic mass is 10.4. The molecule has 0 aromatic carbocycles. The van der Waals surface area contributed by atoms with Crippen molar-refractivity contribution in [1.82, 2.24) is 19.5 Å². The fourth-order valence-electron chi connectivity index (χ4n) is 1.19. The molecule has 0 aliphatic heterocycles. The van der Waals surface area contributed by atoms with Crippen molar-refractivity contribution in [2.75, 3.05) is 0 Å². The van der Waals surface area contributed by atoms with Gasteiger partial charge in [-0.3, -0.25) is 0 Å². The maximum atomic E-state index is 5.76. The fraction of sp³-hybridized carbons (Fsp3) is 0.222. The van der Waals surface area contributed by atoms with Crippen LogP contribution >= 0.6 is 23.2 Å². The molecule has 0 unspecified atom stereocenters. The Morgan fingerprint density at radius 1 is 1.20 bits per heavy atom. The Hall–Kier alpha value is -1.13. The summed E-state index contributed by atoms with van der Waals surface area (Å²) in [6.45, 7) is 0.761. The van der Waals surface area contributed by atoms with Gasteiger partial charge in [-0.2, -0.15) is 0 Å². The molecular formula is C9H8Cl2N4. The molecule has 2 rings (SSSR count). The number of hydrogen-bond acceptors (Lipinski definition) is 3. The van der Waals surface area contributed by atoms with Gasteiger partial charge in [0, 0.05) is 31.4 Å². The summed E-state index contributed by atoms with van der Waals surface area (Å²) >= 11 is 11.5. The zero-order valence-corrected chi connectivity index (χ0v) is 9.28. The molecule has 2 aromatic heterocycles. The van der Waals surface area contributed by atoms with Crippen LogP contribution in [0, 0.1) is 0 Å². The second-order valence-corrected chi connectivity index (χ2v) is 3.75. The number of aromatic nitrogens is 4. The van der Waals surface area contributed by atoms with Crippen molar-refractivity contribution in [1.29, 1.82) is 0 Å². The van der Waals surface area contributed by atoms with Crippen LogP contribution in [0.25, 0.3) is 0 Å². The van der Waals surface area contributed by atoms with Crippen LogP contribution in [0.1, 0.15) is 5.82 Å². The van der Waals surface area contributed by atoms with Gasteiger partial charge in [0.25, 0.3) is 0 Å². The first-order chi connectivity index (χ1) is 7.24. The molecule has 0 spiro atoms. The molecule has 6 heteroatoms. The second-order valence-electron chi connectivity index (χ2n) is 2.98. The van der Waals surface area contributed by atoms with E-state index in [2.05, 4.69) is 15.0 Å². The van der Waals surface area contributed by atoms with Crippen molar-refractivity contribution in [2.45, 2.75) is 13.0 Å². The summed E-state index contributed by atoms with van der Waals surface area (Å²) in [7, 11) is 0. The van der Waals surface area contributed by atoms with Crippen LogP contribution in [0.3, 0.4) is 0 Å².